The number of H-pyrrole nitrogens is 2. The summed E-state index contributed by atoms with van der Waals surface area (Å²) in [5, 5.41) is 9.52. The fraction of sp³-hybridized carbons (Fsp3) is 0.400. The van der Waals surface area contributed by atoms with Gasteiger partial charge in [0.2, 0.25) is 0 Å². The molecule has 0 saturated heterocycles. The molecule has 7 nitrogen and oxygen atoms in total. The Morgan fingerprint density at radius 1 is 1.47 bits per heavy atom. The summed E-state index contributed by atoms with van der Waals surface area (Å²) in [6.07, 6.45) is 3.65. The van der Waals surface area contributed by atoms with E-state index in [2.05, 4.69) is 30.5 Å². The van der Waals surface area contributed by atoms with Gasteiger partial charge in [-0.3, -0.25) is 9.89 Å². The number of rotatable bonds is 4. The zero-order valence-electron chi connectivity index (χ0n) is 9.10. The molecule has 0 aliphatic heterocycles. The summed E-state index contributed by atoms with van der Waals surface area (Å²) in [7, 11) is 0. The van der Waals surface area contributed by atoms with Crippen molar-refractivity contribution in [3.63, 3.8) is 0 Å². The Kier molecular flexibility index (Phi) is 2.36. The van der Waals surface area contributed by atoms with Crippen molar-refractivity contribution in [2.75, 3.05) is 5.32 Å². The van der Waals surface area contributed by atoms with E-state index in [4.69, 9.17) is 0 Å². The molecule has 0 unspecified atom stereocenters. The Morgan fingerprint density at radius 2 is 2.35 bits per heavy atom. The number of aromatic amines is 2. The van der Waals surface area contributed by atoms with Gasteiger partial charge in [-0.05, 0) is 12.8 Å². The zero-order chi connectivity index (χ0) is 11.7. The second-order valence-electron chi connectivity index (χ2n) is 4.08. The zero-order valence-corrected chi connectivity index (χ0v) is 9.10. The third-order valence-electron chi connectivity index (χ3n) is 2.63. The molecule has 1 aliphatic carbocycles. The maximum absolute atomic E-state index is 11.4. The van der Waals surface area contributed by atoms with Crippen molar-refractivity contribution in [1.82, 2.24) is 25.1 Å². The van der Waals surface area contributed by atoms with Crippen LogP contribution in [0.5, 0.6) is 0 Å². The van der Waals surface area contributed by atoms with Gasteiger partial charge < -0.3 is 10.3 Å². The number of nitrogens with one attached hydrogen (secondary N) is 3. The van der Waals surface area contributed by atoms with Crippen LogP contribution < -0.4 is 10.9 Å². The van der Waals surface area contributed by atoms with Crippen LogP contribution in [0.2, 0.25) is 0 Å². The van der Waals surface area contributed by atoms with Gasteiger partial charge in [-0.25, -0.2) is 9.97 Å². The maximum atomic E-state index is 11.4. The molecule has 1 aliphatic rings. The summed E-state index contributed by atoms with van der Waals surface area (Å²) < 4.78 is 0. The lowest BCUT2D eigenvalue weighted by atomic mass is 10.4. The van der Waals surface area contributed by atoms with Crippen molar-refractivity contribution in [1.29, 1.82) is 0 Å². The third kappa shape index (κ3) is 2.32. The molecule has 7 heteroatoms. The molecule has 1 saturated carbocycles. The van der Waals surface area contributed by atoms with Crippen molar-refractivity contribution >= 4 is 5.82 Å². The minimum Gasteiger partial charge on any atom is -0.363 e. The quantitative estimate of drug-likeness (QED) is 0.707. The van der Waals surface area contributed by atoms with Crippen LogP contribution in [0.1, 0.15) is 30.4 Å². The normalized spacial score (nSPS) is 14.8. The van der Waals surface area contributed by atoms with Gasteiger partial charge in [-0.15, -0.1) is 0 Å². The summed E-state index contributed by atoms with van der Waals surface area (Å²) in [5.41, 5.74) is -0.123. The van der Waals surface area contributed by atoms with Gasteiger partial charge in [0, 0.05) is 12.0 Å². The molecule has 0 amide bonds. The molecule has 17 heavy (non-hydrogen) atoms. The molecule has 3 rings (SSSR count). The second-order valence-corrected chi connectivity index (χ2v) is 4.08. The molecule has 2 aromatic heterocycles. The van der Waals surface area contributed by atoms with E-state index < -0.39 is 0 Å². The molecule has 0 spiro atoms. The highest BCUT2D eigenvalue weighted by Crippen LogP contribution is 2.37. The lowest BCUT2D eigenvalue weighted by Gasteiger charge is -2.04. The fourth-order valence-corrected chi connectivity index (χ4v) is 1.61. The van der Waals surface area contributed by atoms with E-state index in [1.165, 1.54) is 12.4 Å². The summed E-state index contributed by atoms with van der Waals surface area (Å²) >= 11 is 0. The molecular formula is C10H12N6O. The molecule has 88 valence electrons. The third-order valence-corrected chi connectivity index (χ3v) is 2.63. The van der Waals surface area contributed by atoms with Crippen LogP contribution >= 0.6 is 0 Å². The first-order valence-electron chi connectivity index (χ1n) is 5.50. The van der Waals surface area contributed by atoms with Crippen LogP contribution in [-0.4, -0.2) is 25.1 Å². The Balaban J connectivity index is 1.75. The van der Waals surface area contributed by atoms with Crippen LogP contribution in [0, 0.1) is 0 Å². The summed E-state index contributed by atoms with van der Waals surface area (Å²) in [6, 6.07) is 1.45. The number of hydrogen-bond acceptors (Lipinski definition) is 5. The Labute approximate surface area is 96.7 Å². The van der Waals surface area contributed by atoms with E-state index in [0.717, 1.165) is 18.7 Å². The van der Waals surface area contributed by atoms with Crippen LogP contribution in [0.15, 0.2) is 17.2 Å². The smallest absolute Gasteiger partial charge is 0.252 e. The standard InChI is InChI=1S/C10H12N6O/c17-9-3-7(11-4-8-12-5-13-16-8)14-10(15-9)6-1-2-6/h3,5-6H,1-2,4H2,(H,12,13,16)(H2,11,14,15,17). The minimum atomic E-state index is -0.123. The van der Waals surface area contributed by atoms with Crippen molar-refractivity contribution < 1.29 is 0 Å². The number of nitrogens with zero attached hydrogens (tertiary/aromatic N) is 3. The van der Waals surface area contributed by atoms with Crippen LogP contribution in [-0.2, 0) is 6.54 Å². The predicted molar refractivity (Wildman–Crippen MR) is 60.5 cm³/mol. The van der Waals surface area contributed by atoms with Crippen molar-refractivity contribution in [3.8, 4) is 0 Å². The van der Waals surface area contributed by atoms with Gasteiger partial charge in [0.25, 0.3) is 5.56 Å². The van der Waals surface area contributed by atoms with Gasteiger partial charge in [-0.2, -0.15) is 5.10 Å². The predicted octanol–water partition coefficient (Wildman–Crippen LogP) is 0.377. The maximum Gasteiger partial charge on any atom is 0.252 e. The number of aromatic nitrogens is 5. The van der Waals surface area contributed by atoms with Crippen LogP contribution in [0.25, 0.3) is 0 Å². The molecule has 0 atom stereocenters. The van der Waals surface area contributed by atoms with Crippen molar-refractivity contribution in [3.05, 3.63) is 34.4 Å². The van der Waals surface area contributed by atoms with E-state index >= 15 is 0 Å². The Hall–Kier alpha value is -2.18. The average molecular weight is 232 g/mol. The second kappa shape index (κ2) is 4.00. The van der Waals surface area contributed by atoms with Gasteiger partial charge in [-0.1, -0.05) is 0 Å². The first-order valence-corrected chi connectivity index (χ1v) is 5.50. The highest BCUT2D eigenvalue weighted by atomic mass is 16.1. The Bertz CT molecular complexity index is 556. The molecule has 2 heterocycles. The highest BCUT2D eigenvalue weighted by Gasteiger charge is 2.26. The van der Waals surface area contributed by atoms with E-state index in [1.54, 1.807) is 0 Å². The first kappa shape index (κ1) is 10.0. The summed E-state index contributed by atoms with van der Waals surface area (Å²) in [4.78, 5) is 22.5. The van der Waals surface area contributed by atoms with E-state index in [0.29, 0.717) is 24.1 Å². The SMILES string of the molecule is O=c1cc(NCc2ncn[nH]2)nc(C2CC2)[nH]1. The lowest BCUT2D eigenvalue weighted by Crippen LogP contribution is -2.13. The van der Waals surface area contributed by atoms with Crippen LogP contribution in [0.4, 0.5) is 5.82 Å². The number of hydrogen-bond donors (Lipinski definition) is 3. The minimum absolute atomic E-state index is 0.123. The summed E-state index contributed by atoms with van der Waals surface area (Å²) in [5.74, 6) is 2.49. The van der Waals surface area contributed by atoms with Gasteiger partial charge in [0.1, 0.15) is 23.8 Å². The largest absolute Gasteiger partial charge is 0.363 e. The molecule has 3 N–H and O–H groups in total. The van der Waals surface area contributed by atoms with Gasteiger partial charge in [0.15, 0.2) is 0 Å². The van der Waals surface area contributed by atoms with Crippen molar-refractivity contribution in [2.24, 2.45) is 0 Å². The molecule has 0 radical (unpaired) electrons. The van der Waals surface area contributed by atoms with E-state index in [-0.39, 0.29) is 5.56 Å². The fourth-order valence-electron chi connectivity index (χ4n) is 1.61. The van der Waals surface area contributed by atoms with Crippen molar-refractivity contribution in [2.45, 2.75) is 25.3 Å². The van der Waals surface area contributed by atoms with Gasteiger partial charge >= 0.3 is 0 Å². The van der Waals surface area contributed by atoms with Gasteiger partial charge in [0.05, 0.1) is 6.54 Å². The van der Waals surface area contributed by atoms with Crippen LogP contribution in [0.3, 0.4) is 0 Å². The monoisotopic (exact) mass is 232 g/mol. The topological polar surface area (TPSA) is 99.3 Å². The molecular weight excluding hydrogens is 220 g/mol. The lowest BCUT2D eigenvalue weighted by molar-refractivity contribution is 0.891. The average Bonchev–Trinajstić information content (AvgIpc) is 3.04. The molecule has 1 fully saturated rings. The highest BCUT2D eigenvalue weighted by molar-refractivity contribution is 5.34. The number of anilines is 1. The van der Waals surface area contributed by atoms with E-state index in [1.807, 2.05) is 0 Å². The van der Waals surface area contributed by atoms with E-state index in [9.17, 15) is 4.79 Å². The molecule has 0 aromatic carbocycles. The molecule has 0 bridgehead atoms. The summed E-state index contributed by atoms with van der Waals surface area (Å²) in [6.45, 7) is 0.473. The Morgan fingerprint density at radius 3 is 3.06 bits per heavy atom. The first-order chi connectivity index (χ1) is 8.31. The molecule has 2 aromatic rings.